The Morgan fingerprint density at radius 3 is 2.50 bits per heavy atom. The highest BCUT2D eigenvalue weighted by molar-refractivity contribution is 6.20. The molecule has 0 aliphatic rings. The average Bonchev–Trinajstić information content (AvgIpc) is 2.63. The molecule has 2 unspecified atom stereocenters. The van der Waals surface area contributed by atoms with Gasteiger partial charge in [-0.2, -0.15) is 4.98 Å². The van der Waals surface area contributed by atoms with Crippen LogP contribution in [0.2, 0.25) is 0 Å². The van der Waals surface area contributed by atoms with Gasteiger partial charge >= 0.3 is 0 Å². The summed E-state index contributed by atoms with van der Waals surface area (Å²) in [7, 11) is 0. The lowest BCUT2D eigenvalue weighted by Gasteiger charge is -2.25. The summed E-state index contributed by atoms with van der Waals surface area (Å²) >= 11 is 6.05. The predicted octanol–water partition coefficient (Wildman–Crippen LogP) is 3.98. The van der Waals surface area contributed by atoms with E-state index in [1.165, 1.54) is 0 Å². The zero-order chi connectivity index (χ0) is 12.3. The third-order valence-corrected chi connectivity index (χ3v) is 3.59. The summed E-state index contributed by atoms with van der Waals surface area (Å²) in [6, 6.07) is 0. The number of aromatic nitrogens is 2. The number of halogens is 1. The minimum absolute atomic E-state index is 0.137. The van der Waals surface area contributed by atoms with Gasteiger partial charge in [0.2, 0.25) is 5.89 Å². The third kappa shape index (κ3) is 3.48. The molecule has 3 nitrogen and oxygen atoms in total. The van der Waals surface area contributed by atoms with Crippen LogP contribution in [0.4, 0.5) is 0 Å². The topological polar surface area (TPSA) is 38.9 Å². The van der Waals surface area contributed by atoms with Gasteiger partial charge < -0.3 is 4.52 Å². The van der Waals surface area contributed by atoms with E-state index < -0.39 is 0 Å². The van der Waals surface area contributed by atoms with Gasteiger partial charge in [-0.05, 0) is 17.8 Å². The van der Waals surface area contributed by atoms with Crippen molar-refractivity contribution in [3.8, 4) is 0 Å². The van der Waals surface area contributed by atoms with Crippen molar-refractivity contribution in [2.45, 2.75) is 52.8 Å². The van der Waals surface area contributed by atoms with Crippen molar-refractivity contribution >= 4 is 11.6 Å². The van der Waals surface area contributed by atoms with Crippen LogP contribution in [0.3, 0.4) is 0 Å². The second-order valence-corrected chi connectivity index (χ2v) is 5.92. The van der Waals surface area contributed by atoms with Gasteiger partial charge in [-0.1, -0.05) is 39.8 Å². The average molecular weight is 245 g/mol. The number of rotatable bonds is 4. The highest BCUT2D eigenvalue weighted by Crippen LogP contribution is 2.28. The Morgan fingerprint density at radius 2 is 2.00 bits per heavy atom. The van der Waals surface area contributed by atoms with Crippen molar-refractivity contribution in [2.24, 2.45) is 11.3 Å². The van der Waals surface area contributed by atoms with Crippen molar-refractivity contribution in [1.82, 2.24) is 10.1 Å². The van der Waals surface area contributed by atoms with Gasteiger partial charge in [-0.25, -0.2) is 0 Å². The summed E-state index contributed by atoms with van der Waals surface area (Å²) in [5.74, 6) is 1.80. The van der Waals surface area contributed by atoms with Gasteiger partial charge in [0, 0.05) is 6.42 Å². The van der Waals surface area contributed by atoms with Crippen LogP contribution in [0.1, 0.15) is 58.1 Å². The van der Waals surface area contributed by atoms with Gasteiger partial charge in [0.1, 0.15) is 0 Å². The minimum Gasteiger partial charge on any atom is -0.339 e. The van der Waals surface area contributed by atoms with E-state index in [4.69, 9.17) is 16.1 Å². The Kier molecular flexibility index (Phi) is 4.36. The smallest absolute Gasteiger partial charge is 0.226 e. The standard InChI is InChI=1S/C12H21ClN2O/c1-6-9(13)11-14-10(16-15-11)7-8(2)12(3,4)5/h8-9H,6-7H2,1-5H3. The van der Waals surface area contributed by atoms with E-state index in [0.29, 0.717) is 17.6 Å². The quantitative estimate of drug-likeness (QED) is 0.752. The number of hydrogen-bond donors (Lipinski definition) is 0. The molecular formula is C12H21ClN2O. The Bertz CT molecular complexity index is 330. The minimum atomic E-state index is -0.137. The summed E-state index contributed by atoms with van der Waals surface area (Å²) in [6.45, 7) is 10.8. The Hall–Kier alpha value is -0.570. The molecule has 0 saturated carbocycles. The molecular weight excluding hydrogens is 224 g/mol. The summed E-state index contributed by atoms with van der Waals surface area (Å²) in [5, 5.41) is 3.77. The Balaban J connectivity index is 2.66. The van der Waals surface area contributed by atoms with E-state index in [-0.39, 0.29) is 10.8 Å². The molecule has 1 heterocycles. The van der Waals surface area contributed by atoms with Crippen molar-refractivity contribution in [3.63, 3.8) is 0 Å². The molecule has 1 rings (SSSR count). The monoisotopic (exact) mass is 244 g/mol. The van der Waals surface area contributed by atoms with Crippen LogP contribution in [-0.2, 0) is 6.42 Å². The van der Waals surface area contributed by atoms with Crippen molar-refractivity contribution < 1.29 is 4.52 Å². The lowest BCUT2D eigenvalue weighted by Crippen LogP contribution is -2.19. The Morgan fingerprint density at radius 1 is 1.38 bits per heavy atom. The zero-order valence-electron chi connectivity index (χ0n) is 10.7. The van der Waals surface area contributed by atoms with Crippen LogP contribution < -0.4 is 0 Å². The molecule has 0 fully saturated rings. The van der Waals surface area contributed by atoms with E-state index in [1.807, 2.05) is 6.92 Å². The largest absolute Gasteiger partial charge is 0.339 e. The van der Waals surface area contributed by atoms with Crippen LogP contribution >= 0.6 is 11.6 Å². The molecule has 0 amide bonds. The molecule has 0 radical (unpaired) electrons. The molecule has 0 saturated heterocycles. The van der Waals surface area contributed by atoms with Gasteiger partial charge in [0.05, 0.1) is 5.38 Å². The molecule has 0 aliphatic heterocycles. The molecule has 0 aliphatic carbocycles. The summed E-state index contributed by atoms with van der Waals surface area (Å²) in [6.07, 6.45) is 1.62. The first-order chi connectivity index (χ1) is 7.34. The van der Waals surface area contributed by atoms with Crippen LogP contribution in [0.15, 0.2) is 4.52 Å². The molecule has 0 aromatic carbocycles. The lowest BCUT2D eigenvalue weighted by molar-refractivity contribution is 0.236. The van der Waals surface area contributed by atoms with Crippen LogP contribution in [-0.4, -0.2) is 10.1 Å². The fraction of sp³-hybridized carbons (Fsp3) is 0.833. The fourth-order valence-corrected chi connectivity index (χ4v) is 1.32. The van der Waals surface area contributed by atoms with Gasteiger partial charge in [-0.3, -0.25) is 0 Å². The maximum atomic E-state index is 6.05. The van der Waals surface area contributed by atoms with Crippen LogP contribution in [0.25, 0.3) is 0 Å². The van der Waals surface area contributed by atoms with Gasteiger partial charge in [0.15, 0.2) is 5.82 Å². The van der Waals surface area contributed by atoms with E-state index in [0.717, 1.165) is 12.8 Å². The molecule has 1 aromatic heterocycles. The number of hydrogen-bond acceptors (Lipinski definition) is 3. The maximum absolute atomic E-state index is 6.05. The summed E-state index contributed by atoms with van der Waals surface area (Å²) < 4.78 is 5.21. The molecule has 0 spiro atoms. The second kappa shape index (κ2) is 5.17. The molecule has 92 valence electrons. The second-order valence-electron chi connectivity index (χ2n) is 5.39. The zero-order valence-corrected chi connectivity index (χ0v) is 11.5. The van der Waals surface area contributed by atoms with Crippen LogP contribution in [0, 0.1) is 11.3 Å². The molecule has 2 atom stereocenters. The van der Waals surface area contributed by atoms with Gasteiger partial charge in [-0.15, -0.1) is 11.6 Å². The number of alkyl halides is 1. The molecule has 4 heteroatoms. The highest BCUT2D eigenvalue weighted by atomic mass is 35.5. The van der Waals surface area contributed by atoms with E-state index >= 15 is 0 Å². The normalized spacial score (nSPS) is 16.1. The Labute approximate surface area is 103 Å². The first-order valence-corrected chi connectivity index (χ1v) is 6.24. The van der Waals surface area contributed by atoms with Crippen molar-refractivity contribution in [3.05, 3.63) is 11.7 Å². The predicted molar refractivity (Wildman–Crippen MR) is 65.5 cm³/mol. The molecule has 1 aromatic rings. The van der Waals surface area contributed by atoms with E-state index in [2.05, 4.69) is 37.8 Å². The fourth-order valence-electron chi connectivity index (χ4n) is 1.23. The summed E-state index contributed by atoms with van der Waals surface area (Å²) in [4.78, 5) is 4.32. The lowest BCUT2D eigenvalue weighted by atomic mass is 9.80. The van der Waals surface area contributed by atoms with E-state index in [1.54, 1.807) is 0 Å². The molecule has 0 bridgehead atoms. The van der Waals surface area contributed by atoms with E-state index in [9.17, 15) is 0 Å². The third-order valence-electron chi connectivity index (χ3n) is 3.08. The molecule has 16 heavy (non-hydrogen) atoms. The van der Waals surface area contributed by atoms with Crippen LogP contribution in [0.5, 0.6) is 0 Å². The highest BCUT2D eigenvalue weighted by Gasteiger charge is 2.23. The van der Waals surface area contributed by atoms with Crippen molar-refractivity contribution in [2.75, 3.05) is 0 Å². The molecule has 0 N–H and O–H groups in total. The summed E-state index contributed by atoms with van der Waals surface area (Å²) in [5.41, 5.74) is 0.250. The van der Waals surface area contributed by atoms with Crippen molar-refractivity contribution in [1.29, 1.82) is 0 Å². The van der Waals surface area contributed by atoms with Gasteiger partial charge in [0.25, 0.3) is 0 Å². The SMILES string of the molecule is CCC(Cl)c1noc(CC(C)C(C)(C)C)n1. The first-order valence-electron chi connectivity index (χ1n) is 5.81. The number of nitrogens with zero attached hydrogens (tertiary/aromatic N) is 2. The maximum Gasteiger partial charge on any atom is 0.226 e. The first kappa shape index (κ1) is 13.5.